The number of aryl methyl sites for hydroxylation is 1. The highest BCUT2D eigenvalue weighted by molar-refractivity contribution is 5.67. The van der Waals surface area contributed by atoms with Crippen LogP contribution >= 0.6 is 0 Å². The molecule has 1 aromatic carbocycles. The molecule has 1 unspecified atom stereocenters. The van der Waals surface area contributed by atoms with Gasteiger partial charge in [-0.2, -0.15) is 0 Å². The summed E-state index contributed by atoms with van der Waals surface area (Å²) in [5.74, 6) is -0.549. The Hall–Kier alpha value is -1.55. The number of carboxylic acid groups (broad SMARTS) is 1. The van der Waals surface area contributed by atoms with Crippen LogP contribution in [0.3, 0.4) is 0 Å². The molecule has 1 atom stereocenters. The molecular formula is C14H21NO3. The molecule has 0 heterocycles. The van der Waals surface area contributed by atoms with Gasteiger partial charge < -0.3 is 15.5 Å². The van der Waals surface area contributed by atoms with Crippen LogP contribution in [0.25, 0.3) is 0 Å². The number of rotatable bonds is 6. The maximum absolute atomic E-state index is 10.4. The first-order valence-electron chi connectivity index (χ1n) is 6.14. The molecule has 0 spiro atoms. The van der Waals surface area contributed by atoms with Crippen LogP contribution in [0.1, 0.15) is 37.3 Å². The Labute approximate surface area is 108 Å². The molecule has 100 valence electrons. The molecule has 0 aliphatic heterocycles. The lowest BCUT2D eigenvalue weighted by Gasteiger charge is -2.15. The molecule has 0 fully saturated rings. The van der Waals surface area contributed by atoms with Crippen molar-refractivity contribution in [2.45, 2.75) is 39.2 Å². The number of carbonyl (C=O) groups is 1. The van der Waals surface area contributed by atoms with Crippen molar-refractivity contribution in [2.75, 3.05) is 11.9 Å². The maximum Gasteiger partial charge on any atom is 0.306 e. The summed E-state index contributed by atoms with van der Waals surface area (Å²) in [6.07, 6.45) is -1.11. The normalized spacial score (nSPS) is 12.5. The summed E-state index contributed by atoms with van der Waals surface area (Å²) in [6.45, 7) is 6.46. The fourth-order valence-corrected chi connectivity index (χ4v) is 1.69. The van der Waals surface area contributed by atoms with E-state index in [0.717, 1.165) is 11.3 Å². The van der Waals surface area contributed by atoms with Gasteiger partial charge in [-0.1, -0.05) is 26.0 Å². The predicted molar refractivity (Wildman–Crippen MR) is 72.0 cm³/mol. The van der Waals surface area contributed by atoms with Crippen LogP contribution in [0.4, 0.5) is 5.69 Å². The Morgan fingerprint density at radius 3 is 2.61 bits per heavy atom. The van der Waals surface area contributed by atoms with Crippen LogP contribution in [-0.2, 0) is 4.79 Å². The summed E-state index contributed by atoms with van der Waals surface area (Å²) < 4.78 is 0. The monoisotopic (exact) mass is 251 g/mol. The SMILES string of the molecule is Cc1ccc(C(C)C)cc1NCC(O)CC(=O)O. The minimum atomic E-state index is -0.989. The predicted octanol–water partition coefficient (Wildman–Crippen LogP) is 2.37. The lowest BCUT2D eigenvalue weighted by atomic mass is 10.0. The summed E-state index contributed by atoms with van der Waals surface area (Å²) in [5.41, 5.74) is 3.25. The van der Waals surface area contributed by atoms with E-state index in [9.17, 15) is 9.90 Å². The molecule has 1 rings (SSSR count). The number of nitrogens with one attached hydrogen (secondary N) is 1. The number of anilines is 1. The molecule has 3 N–H and O–H groups in total. The maximum atomic E-state index is 10.4. The Morgan fingerprint density at radius 1 is 1.39 bits per heavy atom. The summed E-state index contributed by atoms with van der Waals surface area (Å²) >= 11 is 0. The summed E-state index contributed by atoms with van der Waals surface area (Å²) in [6, 6.07) is 6.16. The van der Waals surface area contributed by atoms with Crippen molar-refractivity contribution in [1.82, 2.24) is 0 Å². The van der Waals surface area contributed by atoms with E-state index in [2.05, 4.69) is 25.2 Å². The van der Waals surface area contributed by atoms with Crippen molar-refractivity contribution < 1.29 is 15.0 Å². The lowest BCUT2D eigenvalue weighted by Crippen LogP contribution is -2.23. The quantitative estimate of drug-likeness (QED) is 0.726. The summed E-state index contributed by atoms with van der Waals surface area (Å²) in [5, 5.41) is 21.2. The molecule has 0 aliphatic rings. The van der Waals surface area contributed by atoms with Gasteiger partial charge in [0.2, 0.25) is 0 Å². The molecule has 0 radical (unpaired) electrons. The van der Waals surface area contributed by atoms with Gasteiger partial charge in [0.1, 0.15) is 0 Å². The molecule has 4 heteroatoms. The van der Waals surface area contributed by atoms with Gasteiger partial charge in [-0.15, -0.1) is 0 Å². The van der Waals surface area contributed by atoms with E-state index in [1.807, 2.05) is 19.1 Å². The minimum Gasteiger partial charge on any atom is -0.481 e. The van der Waals surface area contributed by atoms with E-state index < -0.39 is 12.1 Å². The van der Waals surface area contributed by atoms with E-state index >= 15 is 0 Å². The third-order valence-corrected chi connectivity index (χ3v) is 2.87. The number of hydrogen-bond acceptors (Lipinski definition) is 3. The number of aliphatic hydroxyl groups excluding tert-OH is 1. The van der Waals surface area contributed by atoms with E-state index in [-0.39, 0.29) is 13.0 Å². The van der Waals surface area contributed by atoms with Crippen molar-refractivity contribution in [1.29, 1.82) is 0 Å². The molecule has 1 aromatic rings. The Balaban J connectivity index is 2.66. The Morgan fingerprint density at radius 2 is 2.06 bits per heavy atom. The lowest BCUT2D eigenvalue weighted by molar-refractivity contribution is -0.138. The van der Waals surface area contributed by atoms with Crippen molar-refractivity contribution in [3.05, 3.63) is 29.3 Å². The molecule has 0 saturated heterocycles. The first kappa shape index (κ1) is 14.5. The second-order valence-corrected chi connectivity index (χ2v) is 4.86. The van der Waals surface area contributed by atoms with Crippen molar-refractivity contribution in [3.8, 4) is 0 Å². The highest BCUT2D eigenvalue weighted by Crippen LogP contribution is 2.22. The zero-order valence-electron chi connectivity index (χ0n) is 11.1. The summed E-state index contributed by atoms with van der Waals surface area (Å²) in [7, 11) is 0. The van der Waals surface area contributed by atoms with Crippen LogP contribution in [-0.4, -0.2) is 28.8 Å². The van der Waals surface area contributed by atoms with E-state index in [0.29, 0.717) is 5.92 Å². The van der Waals surface area contributed by atoms with E-state index in [1.54, 1.807) is 0 Å². The largest absolute Gasteiger partial charge is 0.481 e. The molecule has 0 amide bonds. The third kappa shape index (κ3) is 4.37. The fraction of sp³-hybridized carbons (Fsp3) is 0.500. The molecule has 0 saturated carbocycles. The zero-order valence-corrected chi connectivity index (χ0v) is 11.1. The van der Waals surface area contributed by atoms with Crippen LogP contribution in [0.2, 0.25) is 0 Å². The zero-order chi connectivity index (χ0) is 13.7. The van der Waals surface area contributed by atoms with Gasteiger partial charge >= 0.3 is 5.97 Å². The van der Waals surface area contributed by atoms with Crippen molar-refractivity contribution in [2.24, 2.45) is 0 Å². The Kier molecular flexibility index (Phi) is 5.16. The number of carboxylic acids is 1. The van der Waals surface area contributed by atoms with Gasteiger partial charge in [-0.3, -0.25) is 4.79 Å². The van der Waals surface area contributed by atoms with E-state index in [1.165, 1.54) is 5.56 Å². The van der Waals surface area contributed by atoms with Gasteiger partial charge in [-0.05, 0) is 30.0 Å². The topological polar surface area (TPSA) is 69.6 Å². The van der Waals surface area contributed by atoms with Crippen LogP contribution in [0.15, 0.2) is 18.2 Å². The number of hydrogen-bond donors (Lipinski definition) is 3. The highest BCUT2D eigenvalue weighted by Gasteiger charge is 2.10. The van der Waals surface area contributed by atoms with Gasteiger partial charge in [0.05, 0.1) is 12.5 Å². The molecule has 18 heavy (non-hydrogen) atoms. The average Bonchev–Trinajstić information content (AvgIpc) is 2.26. The molecule has 4 nitrogen and oxygen atoms in total. The van der Waals surface area contributed by atoms with Gasteiger partial charge in [0.15, 0.2) is 0 Å². The van der Waals surface area contributed by atoms with Gasteiger partial charge in [-0.25, -0.2) is 0 Å². The number of aliphatic carboxylic acids is 1. The van der Waals surface area contributed by atoms with Gasteiger partial charge in [0, 0.05) is 12.2 Å². The second-order valence-electron chi connectivity index (χ2n) is 4.86. The van der Waals surface area contributed by atoms with Gasteiger partial charge in [0.25, 0.3) is 0 Å². The third-order valence-electron chi connectivity index (χ3n) is 2.87. The Bertz CT molecular complexity index is 416. The van der Waals surface area contributed by atoms with Crippen LogP contribution in [0.5, 0.6) is 0 Å². The second kappa shape index (κ2) is 6.40. The first-order chi connectivity index (χ1) is 8.40. The van der Waals surface area contributed by atoms with Crippen molar-refractivity contribution >= 4 is 11.7 Å². The number of benzene rings is 1. The fourth-order valence-electron chi connectivity index (χ4n) is 1.69. The smallest absolute Gasteiger partial charge is 0.306 e. The molecule has 0 bridgehead atoms. The molecule has 0 aliphatic carbocycles. The molecular weight excluding hydrogens is 230 g/mol. The minimum absolute atomic E-state index is 0.240. The number of aliphatic hydroxyl groups is 1. The first-order valence-corrected chi connectivity index (χ1v) is 6.14. The highest BCUT2D eigenvalue weighted by atomic mass is 16.4. The van der Waals surface area contributed by atoms with Crippen LogP contribution in [0, 0.1) is 6.92 Å². The van der Waals surface area contributed by atoms with Crippen LogP contribution < -0.4 is 5.32 Å². The molecule has 0 aromatic heterocycles. The van der Waals surface area contributed by atoms with E-state index in [4.69, 9.17) is 5.11 Å². The summed E-state index contributed by atoms with van der Waals surface area (Å²) in [4.78, 5) is 10.4. The average molecular weight is 251 g/mol. The van der Waals surface area contributed by atoms with Crippen molar-refractivity contribution in [3.63, 3.8) is 0 Å². The standard InChI is InChI=1S/C14H21NO3/c1-9(2)11-5-4-10(3)13(6-11)15-8-12(16)7-14(17)18/h4-6,9,12,15-16H,7-8H2,1-3H3,(H,17,18).